The zero-order valence-electron chi connectivity index (χ0n) is 13.2. The van der Waals surface area contributed by atoms with Crippen molar-refractivity contribution in [3.05, 3.63) is 0 Å². The van der Waals surface area contributed by atoms with Gasteiger partial charge in [0.1, 0.15) is 13.2 Å². The maximum atomic E-state index is 11.3. The summed E-state index contributed by atoms with van der Waals surface area (Å²) in [7, 11) is -6.00. The number of hydrogen-bond acceptors (Lipinski definition) is 2. The Morgan fingerprint density at radius 2 is 1.23 bits per heavy atom. The molecule has 0 radical (unpaired) electrons. The van der Waals surface area contributed by atoms with Crippen molar-refractivity contribution >= 4 is 13.2 Å². The summed E-state index contributed by atoms with van der Waals surface area (Å²) in [4.78, 5) is 11.3. The Hall–Kier alpha value is -0.785. The van der Waals surface area contributed by atoms with Gasteiger partial charge in [0.2, 0.25) is 0 Å². The van der Waals surface area contributed by atoms with Gasteiger partial charge in [0.25, 0.3) is 0 Å². The van der Waals surface area contributed by atoms with Crippen LogP contribution in [0.1, 0.15) is 64.2 Å². The minimum atomic E-state index is -6.00. The Labute approximate surface area is 130 Å². The van der Waals surface area contributed by atoms with Crippen LogP contribution in [0.25, 0.3) is 0 Å². The number of carbonyl (C=O) groups excluding carboxylic acids is 1. The average Bonchev–Trinajstić information content (AvgIpc) is 2.40. The summed E-state index contributed by atoms with van der Waals surface area (Å²) in [5, 5.41) is 2.26. The molecule has 0 spiro atoms. The standard InChI is InChI=1S/C14H27NO2.BF4/c16-14-10-8-6-4-2-1-3-5-7-9-11-15-12-13-17-14;2-1(3,4)5/h15H,1-13H2;/q;-1/p+1. The first-order valence-electron chi connectivity index (χ1n) is 8.24. The van der Waals surface area contributed by atoms with Crippen molar-refractivity contribution in [1.29, 1.82) is 0 Å². The molecule has 0 aromatic rings. The van der Waals surface area contributed by atoms with Crippen LogP contribution < -0.4 is 5.32 Å². The van der Waals surface area contributed by atoms with Gasteiger partial charge in [-0.3, -0.25) is 4.79 Å². The molecule has 1 fully saturated rings. The maximum absolute atomic E-state index is 11.3. The first-order chi connectivity index (χ1) is 10.4. The van der Waals surface area contributed by atoms with Crippen molar-refractivity contribution < 1.29 is 32.1 Å². The number of halogens is 4. The lowest BCUT2D eigenvalue weighted by atomic mass is 10.1. The van der Waals surface area contributed by atoms with Crippen molar-refractivity contribution in [2.24, 2.45) is 0 Å². The molecule has 0 aromatic carbocycles. The second-order valence-electron chi connectivity index (χ2n) is 5.51. The number of rotatable bonds is 0. The van der Waals surface area contributed by atoms with Gasteiger partial charge in [-0.25, -0.2) is 0 Å². The molecule has 1 rings (SSSR count). The third kappa shape index (κ3) is 21.5. The predicted molar refractivity (Wildman–Crippen MR) is 79.0 cm³/mol. The minimum Gasteiger partial charge on any atom is -0.460 e. The average molecular weight is 329 g/mol. The highest BCUT2D eigenvalue weighted by Crippen LogP contribution is 2.10. The molecule has 1 heterocycles. The van der Waals surface area contributed by atoms with Gasteiger partial charge >= 0.3 is 13.2 Å². The Morgan fingerprint density at radius 3 is 1.77 bits per heavy atom. The van der Waals surface area contributed by atoms with Crippen LogP contribution in [0.2, 0.25) is 0 Å². The fourth-order valence-electron chi connectivity index (χ4n) is 2.27. The van der Waals surface area contributed by atoms with Crippen LogP contribution in [0.4, 0.5) is 17.3 Å². The van der Waals surface area contributed by atoms with Gasteiger partial charge in [-0.15, -0.1) is 0 Å². The molecule has 1 aliphatic rings. The number of nitrogens with two attached hydrogens (primary N) is 1. The van der Waals surface area contributed by atoms with Crippen LogP contribution >= 0.6 is 0 Å². The highest BCUT2D eigenvalue weighted by atomic mass is 19.5. The molecule has 1 aliphatic heterocycles. The van der Waals surface area contributed by atoms with Crippen molar-refractivity contribution in [2.75, 3.05) is 19.7 Å². The zero-order valence-corrected chi connectivity index (χ0v) is 13.2. The number of carbonyl (C=O) groups is 1. The van der Waals surface area contributed by atoms with E-state index in [9.17, 15) is 22.1 Å². The molecule has 2 N–H and O–H groups in total. The first-order valence-corrected chi connectivity index (χ1v) is 8.24. The molecule has 22 heavy (non-hydrogen) atoms. The number of cyclic esters (lactones) is 1. The Kier molecular flexibility index (Phi) is 13.4. The number of quaternary nitrogens is 1. The molecule has 3 nitrogen and oxygen atoms in total. The van der Waals surface area contributed by atoms with E-state index < -0.39 is 7.25 Å². The van der Waals surface area contributed by atoms with Crippen molar-refractivity contribution in [3.63, 3.8) is 0 Å². The lowest BCUT2D eigenvalue weighted by Gasteiger charge is -2.06. The van der Waals surface area contributed by atoms with Crippen molar-refractivity contribution in [3.8, 4) is 0 Å². The van der Waals surface area contributed by atoms with E-state index in [-0.39, 0.29) is 5.97 Å². The Bertz CT molecular complexity index is 254. The van der Waals surface area contributed by atoms with Crippen LogP contribution in [0.3, 0.4) is 0 Å². The Balaban J connectivity index is 0.000000763. The van der Waals surface area contributed by atoms with Gasteiger partial charge in [-0.2, -0.15) is 0 Å². The summed E-state index contributed by atoms with van der Waals surface area (Å²) in [6.45, 7) is 2.68. The smallest absolute Gasteiger partial charge is 0.460 e. The molecule has 8 heteroatoms. The molecule has 0 bridgehead atoms. The third-order valence-electron chi connectivity index (χ3n) is 3.37. The van der Waals surface area contributed by atoms with E-state index >= 15 is 0 Å². The van der Waals surface area contributed by atoms with Crippen LogP contribution in [0, 0.1) is 0 Å². The van der Waals surface area contributed by atoms with E-state index in [1.165, 1.54) is 57.9 Å². The maximum Gasteiger partial charge on any atom is 0.673 e. The summed E-state index contributed by atoms with van der Waals surface area (Å²) < 4.78 is 44.2. The summed E-state index contributed by atoms with van der Waals surface area (Å²) in [5.74, 6) is -0.00880. The molecule has 0 atom stereocenters. The largest absolute Gasteiger partial charge is 0.673 e. The monoisotopic (exact) mass is 329 g/mol. The van der Waals surface area contributed by atoms with E-state index in [0.29, 0.717) is 13.0 Å². The predicted octanol–water partition coefficient (Wildman–Crippen LogP) is 3.31. The summed E-state index contributed by atoms with van der Waals surface area (Å²) in [6.07, 6.45) is 12.2. The molecule has 0 unspecified atom stereocenters. The Morgan fingerprint density at radius 1 is 0.773 bits per heavy atom. The van der Waals surface area contributed by atoms with Crippen molar-refractivity contribution in [1.82, 2.24) is 0 Å². The summed E-state index contributed by atoms with van der Waals surface area (Å²) in [5.41, 5.74) is 0. The lowest BCUT2D eigenvalue weighted by molar-refractivity contribution is -0.656. The van der Waals surface area contributed by atoms with E-state index in [1.54, 1.807) is 0 Å². The fourth-order valence-corrected chi connectivity index (χ4v) is 2.27. The highest BCUT2D eigenvalue weighted by molar-refractivity contribution is 6.50. The number of hydrogen-bond donors (Lipinski definition) is 1. The molecule has 1 saturated heterocycles. The summed E-state index contributed by atoms with van der Waals surface area (Å²) >= 11 is 0. The SMILES string of the molecule is F[B-](F)(F)F.O=C1CCCCCCCCCCC[NH2+]CCO1. The molecular weight excluding hydrogens is 301 g/mol. The number of ether oxygens (including phenoxy) is 1. The van der Waals surface area contributed by atoms with Crippen LogP contribution in [0.5, 0.6) is 0 Å². The topological polar surface area (TPSA) is 42.9 Å². The quantitative estimate of drug-likeness (QED) is 0.421. The second kappa shape index (κ2) is 13.8. The minimum absolute atomic E-state index is 0.00880. The summed E-state index contributed by atoms with van der Waals surface area (Å²) in [6, 6.07) is 0. The fraction of sp³-hybridized carbons (Fsp3) is 0.929. The van der Waals surface area contributed by atoms with E-state index in [0.717, 1.165) is 13.0 Å². The first kappa shape index (κ1) is 21.2. The molecule has 0 aromatic heterocycles. The van der Waals surface area contributed by atoms with Gasteiger partial charge in [-0.05, 0) is 19.3 Å². The molecule has 0 aliphatic carbocycles. The number of esters is 1. The van der Waals surface area contributed by atoms with Crippen molar-refractivity contribution in [2.45, 2.75) is 64.2 Å². The van der Waals surface area contributed by atoms with Gasteiger partial charge in [0.05, 0.1) is 6.54 Å². The van der Waals surface area contributed by atoms with E-state index in [4.69, 9.17) is 4.74 Å². The lowest BCUT2D eigenvalue weighted by Crippen LogP contribution is -2.85. The normalized spacial score (nSPS) is 20.5. The molecule has 0 saturated carbocycles. The van der Waals surface area contributed by atoms with E-state index in [2.05, 4.69) is 5.32 Å². The highest BCUT2D eigenvalue weighted by Gasteiger charge is 2.20. The van der Waals surface area contributed by atoms with Gasteiger partial charge in [0, 0.05) is 6.42 Å². The van der Waals surface area contributed by atoms with Gasteiger partial charge < -0.3 is 27.3 Å². The van der Waals surface area contributed by atoms with E-state index in [1.807, 2.05) is 0 Å². The second-order valence-corrected chi connectivity index (χ2v) is 5.51. The molecule has 132 valence electrons. The zero-order chi connectivity index (χ0) is 16.7. The third-order valence-corrected chi connectivity index (χ3v) is 3.37. The van der Waals surface area contributed by atoms with Crippen LogP contribution in [-0.4, -0.2) is 32.9 Å². The molecular formula is C14H28BF4NO2. The van der Waals surface area contributed by atoms with Gasteiger partial charge in [-0.1, -0.05) is 38.5 Å². The molecule has 0 amide bonds. The van der Waals surface area contributed by atoms with Gasteiger partial charge in [0.15, 0.2) is 0 Å². The van der Waals surface area contributed by atoms with Crippen LogP contribution in [-0.2, 0) is 9.53 Å². The van der Waals surface area contributed by atoms with Crippen LogP contribution in [0.15, 0.2) is 0 Å².